The van der Waals surface area contributed by atoms with Crippen molar-refractivity contribution in [1.82, 2.24) is 4.90 Å². The van der Waals surface area contributed by atoms with Crippen molar-refractivity contribution < 1.29 is 23.9 Å². The fraction of sp³-hybridized carbons (Fsp3) is 0.370. The first kappa shape index (κ1) is 21.0. The molecule has 2 bridgehead atoms. The van der Waals surface area contributed by atoms with Crippen LogP contribution in [-0.2, 0) is 9.59 Å². The van der Waals surface area contributed by atoms with E-state index in [1.807, 2.05) is 0 Å². The fourth-order valence-corrected chi connectivity index (χ4v) is 6.24. The van der Waals surface area contributed by atoms with Gasteiger partial charge in [-0.1, -0.05) is 18.2 Å². The molecule has 0 unspecified atom stereocenters. The van der Waals surface area contributed by atoms with Crippen molar-refractivity contribution in [2.24, 2.45) is 35.5 Å². The Labute approximate surface area is 197 Å². The molecule has 5 aliphatic rings. The number of anilines is 1. The first-order valence-corrected chi connectivity index (χ1v) is 11.7. The Bertz CT molecular complexity index is 1170. The highest BCUT2D eigenvalue weighted by Gasteiger charge is 2.67. The number of amides is 3. The van der Waals surface area contributed by atoms with E-state index in [4.69, 9.17) is 9.47 Å². The van der Waals surface area contributed by atoms with Crippen LogP contribution < -0.4 is 14.4 Å². The number of likely N-dealkylation sites (tertiary alicyclic amines) is 1. The van der Waals surface area contributed by atoms with Crippen LogP contribution in [-0.4, -0.2) is 43.5 Å². The number of nitrogens with zero attached hydrogens (tertiary/aromatic N) is 2. The number of imide groups is 1. The van der Waals surface area contributed by atoms with E-state index < -0.39 is 0 Å². The smallest absolute Gasteiger partial charge is 0.259 e. The molecule has 7 rings (SSSR count). The van der Waals surface area contributed by atoms with Crippen LogP contribution in [0.1, 0.15) is 16.8 Å². The van der Waals surface area contributed by atoms with Gasteiger partial charge in [-0.25, -0.2) is 0 Å². The van der Waals surface area contributed by atoms with Crippen LogP contribution in [0.3, 0.4) is 0 Å². The van der Waals surface area contributed by atoms with Crippen molar-refractivity contribution in [2.45, 2.75) is 6.42 Å². The third kappa shape index (κ3) is 3.06. The second-order valence-electron chi connectivity index (χ2n) is 9.56. The normalized spacial score (nSPS) is 30.1. The minimum atomic E-state index is -0.316. The maximum absolute atomic E-state index is 13.7. The molecule has 4 aliphatic carbocycles. The van der Waals surface area contributed by atoms with E-state index in [1.54, 1.807) is 62.8 Å². The van der Waals surface area contributed by atoms with E-state index in [0.717, 1.165) is 6.42 Å². The monoisotopic (exact) mass is 458 g/mol. The second kappa shape index (κ2) is 7.72. The molecule has 3 amide bonds. The van der Waals surface area contributed by atoms with Gasteiger partial charge in [0.05, 0.1) is 26.1 Å². The number of ether oxygens (including phenoxy) is 2. The van der Waals surface area contributed by atoms with E-state index >= 15 is 0 Å². The summed E-state index contributed by atoms with van der Waals surface area (Å²) < 4.78 is 10.5. The summed E-state index contributed by atoms with van der Waals surface area (Å²) in [5.41, 5.74) is 0.989. The van der Waals surface area contributed by atoms with Gasteiger partial charge in [0.2, 0.25) is 11.8 Å². The van der Waals surface area contributed by atoms with Gasteiger partial charge in [-0.05, 0) is 72.6 Å². The van der Waals surface area contributed by atoms with Gasteiger partial charge < -0.3 is 9.47 Å². The number of allylic oxidation sites excluding steroid dienone is 2. The number of hydrogen-bond acceptors (Lipinski definition) is 5. The van der Waals surface area contributed by atoms with Crippen LogP contribution >= 0.6 is 0 Å². The molecule has 2 aromatic carbocycles. The summed E-state index contributed by atoms with van der Waals surface area (Å²) in [7, 11) is 3.12. The summed E-state index contributed by atoms with van der Waals surface area (Å²) in [5, 5.41) is 0. The van der Waals surface area contributed by atoms with Crippen molar-refractivity contribution in [3.05, 3.63) is 66.2 Å². The highest BCUT2D eigenvalue weighted by Crippen LogP contribution is 2.65. The molecular formula is C27H26N2O5. The van der Waals surface area contributed by atoms with Crippen LogP contribution in [0, 0.1) is 35.5 Å². The van der Waals surface area contributed by atoms with Crippen LogP contribution in [0.2, 0.25) is 0 Å². The first-order chi connectivity index (χ1) is 16.5. The average Bonchev–Trinajstić information content (AvgIpc) is 3.67. The molecule has 1 saturated heterocycles. The Morgan fingerprint density at radius 3 is 2.12 bits per heavy atom. The summed E-state index contributed by atoms with van der Waals surface area (Å²) in [6.07, 6.45) is 5.41. The van der Waals surface area contributed by atoms with Gasteiger partial charge in [0, 0.05) is 11.3 Å². The predicted octanol–water partition coefficient (Wildman–Crippen LogP) is 3.36. The van der Waals surface area contributed by atoms with Crippen molar-refractivity contribution in [3.8, 4) is 11.5 Å². The minimum absolute atomic E-state index is 0.123. The van der Waals surface area contributed by atoms with Gasteiger partial charge in [0.15, 0.2) is 0 Å². The average molecular weight is 459 g/mol. The standard InChI is InChI=1S/C27H26N2O5/c1-33-17-8-6-16(7-9-17)28(25(30)15-4-3-5-18(12-15)34-2)14-29-26(31)23-19-10-11-20(22-13-21(19)22)24(23)27(29)32/h3-12,19-24H,13-14H2,1-2H3/t19-,20-,21-,22+,23-,24+/m1/s1. The van der Waals surface area contributed by atoms with E-state index in [2.05, 4.69) is 12.2 Å². The molecule has 6 atom stereocenters. The SMILES string of the molecule is COc1ccc(N(CN2C(=O)[C@@H]3[C@@H]4C=C[C@H]([C@@H]5C[C@H]45)[C@@H]3C2=O)C(=O)c2cccc(OC)c2)cc1. The summed E-state index contributed by atoms with van der Waals surface area (Å²) in [4.78, 5) is 43.5. The van der Waals surface area contributed by atoms with E-state index in [1.165, 1.54) is 9.80 Å². The van der Waals surface area contributed by atoms with Gasteiger partial charge in [0.25, 0.3) is 5.91 Å². The zero-order valence-corrected chi connectivity index (χ0v) is 19.1. The topological polar surface area (TPSA) is 76.2 Å². The fourth-order valence-electron chi connectivity index (χ4n) is 6.24. The first-order valence-electron chi connectivity index (χ1n) is 11.7. The maximum atomic E-state index is 13.7. The second-order valence-corrected chi connectivity index (χ2v) is 9.56. The quantitative estimate of drug-likeness (QED) is 0.490. The molecule has 2 aromatic rings. The lowest BCUT2D eigenvalue weighted by molar-refractivity contribution is -0.140. The minimum Gasteiger partial charge on any atom is -0.497 e. The summed E-state index contributed by atoms with van der Waals surface area (Å²) in [6.45, 7) is -0.123. The van der Waals surface area contributed by atoms with Crippen LogP contribution in [0.15, 0.2) is 60.7 Å². The van der Waals surface area contributed by atoms with E-state index in [9.17, 15) is 14.4 Å². The molecule has 1 heterocycles. The largest absolute Gasteiger partial charge is 0.497 e. The Morgan fingerprint density at radius 1 is 0.912 bits per heavy atom. The van der Waals surface area contributed by atoms with Crippen molar-refractivity contribution in [2.75, 3.05) is 25.8 Å². The van der Waals surface area contributed by atoms with Crippen molar-refractivity contribution in [1.29, 1.82) is 0 Å². The molecular weight excluding hydrogens is 432 g/mol. The summed E-state index contributed by atoms with van der Waals surface area (Å²) >= 11 is 0. The third-order valence-electron chi connectivity index (χ3n) is 7.98. The molecule has 1 aliphatic heterocycles. The van der Waals surface area contributed by atoms with Crippen molar-refractivity contribution >= 4 is 23.4 Å². The van der Waals surface area contributed by atoms with Gasteiger partial charge in [0.1, 0.15) is 18.2 Å². The Kier molecular flexibility index (Phi) is 4.76. The van der Waals surface area contributed by atoms with Crippen LogP contribution in [0.25, 0.3) is 0 Å². The lowest BCUT2D eigenvalue weighted by Crippen LogP contribution is -2.45. The van der Waals surface area contributed by atoms with Gasteiger partial charge in [-0.2, -0.15) is 0 Å². The predicted molar refractivity (Wildman–Crippen MR) is 124 cm³/mol. The van der Waals surface area contributed by atoms with E-state index in [-0.39, 0.29) is 48.1 Å². The zero-order chi connectivity index (χ0) is 23.6. The number of hydrogen-bond donors (Lipinski definition) is 0. The molecule has 0 spiro atoms. The number of rotatable bonds is 6. The van der Waals surface area contributed by atoms with E-state index in [0.29, 0.717) is 34.6 Å². The summed E-state index contributed by atoms with van der Waals surface area (Å²) in [6, 6.07) is 13.9. The Balaban J connectivity index is 1.34. The lowest BCUT2D eigenvalue weighted by Gasteiger charge is -2.37. The highest BCUT2D eigenvalue weighted by atomic mass is 16.5. The number of methoxy groups -OCH3 is 2. The molecule has 0 aromatic heterocycles. The number of benzene rings is 2. The molecule has 174 valence electrons. The molecule has 0 radical (unpaired) electrons. The molecule has 2 saturated carbocycles. The third-order valence-corrected chi connectivity index (χ3v) is 7.98. The van der Waals surface area contributed by atoms with Gasteiger partial charge in [-0.15, -0.1) is 0 Å². The molecule has 7 heteroatoms. The Morgan fingerprint density at radius 2 is 1.53 bits per heavy atom. The molecule has 3 fully saturated rings. The zero-order valence-electron chi connectivity index (χ0n) is 19.1. The number of carbonyl (C=O) groups is 3. The van der Waals surface area contributed by atoms with Crippen LogP contribution in [0.4, 0.5) is 5.69 Å². The highest BCUT2D eigenvalue weighted by molar-refractivity contribution is 6.10. The lowest BCUT2D eigenvalue weighted by atomic mass is 9.63. The van der Waals surface area contributed by atoms with Crippen LogP contribution in [0.5, 0.6) is 11.5 Å². The molecule has 34 heavy (non-hydrogen) atoms. The Hall–Kier alpha value is -3.61. The summed E-state index contributed by atoms with van der Waals surface area (Å²) in [5.74, 6) is 1.34. The number of carbonyl (C=O) groups excluding carboxylic acids is 3. The molecule has 7 nitrogen and oxygen atoms in total. The maximum Gasteiger partial charge on any atom is 0.259 e. The van der Waals surface area contributed by atoms with Crippen molar-refractivity contribution in [3.63, 3.8) is 0 Å². The van der Waals surface area contributed by atoms with Gasteiger partial charge >= 0.3 is 0 Å². The molecule has 0 N–H and O–H groups in total. The van der Waals surface area contributed by atoms with Gasteiger partial charge in [-0.3, -0.25) is 24.2 Å².